The van der Waals surface area contributed by atoms with Gasteiger partial charge < -0.3 is 0 Å². The Bertz CT molecular complexity index is 277. The molecule has 1 aromatic rings. The SMILES string of the molecule is O=Nc1ccc(NO)cc1Cl. The molecule has 1 rings (SSSR count). The number of nitrogens with zero attached hydrogens (tertiary/aromatic N) is 1. The van der Waals surface area contributed by atoms with Crippen molar-refractivity contribution in [3.8, 4) is 0 Å². The largest absolute Gasteiger partial charge is 0.291 e. The maximum absolute atomic E-state index is 10.0. The fourth-order valence-electron chi connectivity index (χ4n) is 0.650. The van der Waals surface area contributed by atoms with E-state index in [4.69, 9.17) is 16.8 Å². The van der Waals surface area contributed by atoms with Crippen molar-refractivity contribution in [1.29, 1.82) is 0 Å². The van der Waals surface area contributed by atoms with Crippen LogP contribution < -0.4 is 5.48 Å². The van der Waals surface area contributed by atoms with Crippen LogP contribution in [0.15, 0.2) is 23.4 Å². The van der Waals surface area contributed by atoms with E-state index in [-0.39, 0.29) is 10.7 Å². The van der Waals surface area contributed by atoms with E-state index in [0.29, 0.717) is 5.69 Å². The predicted octanol–water partition coefficient (Wildman–Crippen LogP) is 2.54. The van der Waals surface area contributed by atoms with Crippen molar-refractivity contribution in [2.24, 2.45) is 5.18 Å². The van der Waals surface area contributed by atoms with E-state index in [2.05, 4.69) is 5.18 Å². The molecule has 0 saturated heterocycles. The second kappa shape index (κ2) is 3.32. The van der Waals surface area contributed by atoms with Crippen molar-refractivity contribution < 1.29 is 5.21 Å². The maximum Gasteiger partial charge on any atom is 0.126 e. The van der Waals surface area contributed by atoms with Crippen LogP contribution in [-0.2, 0) is 0 Å². The number of nitroso groups, excluding NO2 is 1. The first-order valence-electron chi connectivity index (χ1n) is 2.81. The third kappa shape index (κ3) is 1.66. The summed E-state index contributed by atoms with van der Waals surface area (Å²) in [4.78, 5) is 10.0. The minimum atomic E-state index is 0.158. The smallest absolute Gasteiger partial charge is 0.126 e. The molecule has 0 heterocycles. The van der Waals surface area contributed by atoms with Crippen LogP contribution >= 0.6 is 11.6 Å². The van der Waals surface area contributed by atoms with Crippen molar-refractivity contribution in [2.75, 3.05) is 5.48 Å². The Kier molecular flexibility index (Phi) is 2.40. The van der Waals surface area contributed by atoms with E-state index in [0.717, 1.165) is 0 Å². The fraction of sp³-hybridized carbons (Fsp3) is 0. The topological polar surface area (TPSA) is 61.7 Å². The fourth-order valence-corrected chi connectivity index (χ4v) is 0.866. The van der Waals surface area contributed by atoms with Gasteiger partial charge in [0.2, 0.25) is 0 Å². The molecular formula is C6H5ClN2O2. The van der Waals surface area contributed by atoms with Crippen LogP contribution in [0.4, 0.5) is 11.4 Å². The van der Waals surface area contributed by atoms with Crippen molar-refractivity contribution in [3.63, 3.8) is 0 Å². The van der Waals surface area contributed by atoms with Gasteiger partial charge in [-0.2, -0.15) is 0 Å². The second-order valence-electron chi connectivity index (χ2n) is 1.87. The lowest BCUT2D eigenvalue weighted by Gasteiger charge is -1.98. The van der Waals surface area contributed by atoms with Crippen LogP contribution in [0.3, 0.4) is 0 Å². The first kappa shape index (κ1) is 7.97. The Morgan fingerprint density at radius 2 is 2.27 bits per heavy atom. The van der Waals surface area contributed by atoms with Gasteiger partial charge in [-0.05, 0) is 23.4 Å². The number of hydrogen-bond acceptors (Lipinski definition) is 4. The van der Waals surface area contributed by atoms with Gasteiger partial charge in [0.25, 0.3) is 0 Å². The number of nitrogens with one attached hydrogen (secondary N) is 1. The quantitative estimate of drug-likeness (QED) is 0.532. The first-order chi connectivity index (χ1) is 5.27. The minimum absolute atomic E-state index is 0.158. The molecule has 0 unspecified atom stereocenters. The standard InChI is InChI=1S/C6H5ClN2O2/c7-5-3-4(8-10)1-2-6(5)9-11/h1-3,8,10H. The van der Waals surface area contributed by atoms with Gasteiger partial charge in [0.05, 0.1) is 10.7 Å². The number of hydrogen-bond donors (Lipinski definition) is 2. The highest BCUT2D eigenvalue weighted by atomic mass is 35.5. The summed E-state index contributed by atoms with van der Waals surface area (Å²) in [6, 6.07) is 4.30. The molecule has 0 radical (unpaired) electrons. The Morgan fingerprint density at radius 1 is 1.55 bits per heavy atom. The molecule has 0 fully saturated rings. The summed E-state index contributed by atoms with van der Waals surface area (Å²) < 4.78 is 0. The molecule has 0 aromatic heterocycles. The van der Waals surface area contributed by atoms with E-state index in [1.54, 1.807) is 0 Å². The van der Waals surface area contributed by atoms with Crippen molar-refractivity contribution in [3.05, 3.63) is 28.1 Å². The highest BCUT2D eigenvalue weighted by molar-refractivity contribution is 6.33. The molecule has 1 aromatic carbocycles. The Hall–Kier alpha value is -1.13. The van der Waals surface area contributed by atoms with E-state index < -0.39 is 0 Å². The van der Waals surface area contributed by atoms with E-state index in [9.17, 15) is 4.91 Å². The Balaban J connectivity index is 3.09. The number of benzene rings is 1. The van der Waals surface area contributed by atoms with E-state index in [1.807, 2.05) is 5.48 Å². The molecule has 4 nitrogen and oxygen atoms in total. The highest BCUT2D eigenvalue weighted by Gasteiger charge is 1.99. The van der Waals surface area contributed by atoms with Crippen molar-refractivity contribution >= 4 is 23.0 Å². The molecule has 0 atom stereocenters. The zero-order valence-electron chi connectivity index (χ0n) is 5.41. The van der Waals surface area contributed by atoms with Crippen molar-refractivity contribution in [1.82, 2.24) is 0 Å². The van der Waals surface area contributed by atoms with Gasteiger partial charge in [0.15, 0.2) is 0 Å². The first-order valence-corrected chi connectivity index (χ1v) is 3.18. The molecule has 0 spiro atoms. The minimum Gasteiger partial charge on any atom is -0.291 e. The third-order valence-corrected chi connectivity index (χ3v) is 1.48. The summed E-state index contributed by atoms with van der Waals surface area (Å²) in [7, 11) is 0. The number of rotatable bonds is 2. The summed E-state index contributed by atoms with van der Waals surface area (Å²) in [6.45, 7) is 0. The third-order valence-electron chi connectivity index (χ3n) is 1.18. The van der Waals surface area contributed by atoms with Gasteiger partial charge in [-0.15, -0.1) is 4.91 Å². The second-order valence-corrected chi connectivity index (χ2v) is 2.28. The summed E-state index contributed by atoms with van der Waals surface area (Å²) in [6.07, 6.45) is 0. The molecule has 58 valence electrons. The monoisotopic (exact) mass is 172 g/mol. The molecule has 5 heteroatoms. The molecule has 0 saturated carbocycles. The van der Waals surface area contributed by atoms with E-state index >= 15 is 0 Å². The average Bonchev–Trinajstić information content (AvgIpc) is 2.04. The number of anilines is 1. The summed E-state index contributed by atoms with van der Waals surface area (Å²) in [5.41, 5.74) is 2.47. The van der Waals surface area contributed by atoms with Crippen LogP contribution in [0, 0.1) is 4.91 Å². The zero-order chi connectivity index (χ0) is 8.27. The highest BCUT2D eigenvalue weighted by Crippen LogP contribution is 2.27. The predicted molar refractivity (Wildman–Crippen MR) is 42.3 cm³/mol. The van der Waals surface area contributed by atoms with Crippen LogP contribution in [-0.4, -0.2) is 5.21 Å². The molecule has 0 aliphatic heterocycles. The Morgan fingerprint density at radius 3 is 2.73 bits per heavy atom. The van der Waals surface area contributed by atoms with Crippen LogP contribution in [0.5, 0.6) is 0 Å². The molecule has 11 heavy (non-hydrogen) atoms. The van der Waals surface area contributed by atoms with Gasteiger partial charge >= 0.3 is 0 Å². The zero-order valence-corrected chi connectivity index (χ0v) is 6.17. The number of halogens is 1. The van der Waals surface area contributed by atoms with Gasteiger partial charge in [-0.1, -0.05) is 11.6 Å². The molecule has 0 bridgehead atoms. The van der Waals surface area contributed by atoms with Crippen LogP contribution in [0.1, 0.15) is 0 Å². The normalized spacial score (nSPS) is 9.27. The summed E-state index contributed by atoms with van der Waals surface area (Å²) in [5.74, 6) is 0. The molecular weight excluding hydrogens is 168 g/mol. The lowest BCUT2D eigenvalue weighted by molar-refractivity contribution is 0.389. The lowest BCUT2D eigenvalue weighted by Crippen LogP contribution is -1.87. The van der Waals surface area contributed by atoms with Gasteiger partial charge in [0.1, 0.15) is 5.69 Å². The molecule has 2 N–H and O–H groups in total. The maximum atomic E-state index is 10.0. The van der Waals surface area contributed by atoms with Gasteiger partial charge in [-0.25, -0.2) is 0 Å². The molecule has 0 aliphatic rings. The molecule has 0 aliphatic carbocycles. The van der Waals surface area contributed by atoms with Gasteiger partial charge in [-0.3, -0.25) is 10.7 Å². The van der Waals surface area contributed by atoms with Crippen LogP contribution in [0.2, 0.25) is 5.02 Å². The average molecular weight is 173 g/mol. The summed E-state index contributed by atoms with van der Waals surface area (Å²) in [5, 5.41) is 11.3. The van der Waals surface area contributed by atoms with Crippen LogP contribution in [0.25, 0.3) is 0 Å². The van der Waals surface area contributed by atoms with Crippen molar-refractivity contribution in [2.45, 2.75) is 0 Å². The summed E-state index contributed by atoms with van der Waals surface area (Å²) >= 11 is 5.56. The van der Waals surface area contributed by atoms with Gasteiger partial charge in [0, 0.05) is 0 Å². The molecule has 0 amide bonds. The lowest BCUT2D eigenvalue weighted by atomic mass is 10.3. The Labute approximate surface area is 67.7 Å². The van der Waals surface area contributed by atoms with E-state index in [1.165, 1.54) is 18.2 Å².